The Morgan fingerprint density at radius 3 is 1.33 bits per heavy atom. The molecular weight excluding hydrogens is 141 g/mol. The van der Waals surface area contributed by atoms with Gasteiger partial charge in [-0.15, -0.1) is 0 Å². The van der Waals surface area contributed by atoms with Gasteiger partial charge in [0.25, 0.3) is 0 Å². The van der Waals surface area contributed by atoms with Crippen LogP contribution in [0.5, 0.6) is 0 Å². The van der Waals surface area contributed by atoms with E-state index in [2.05, 4.69) is 14.7 Å². The summed E-state index contributed by atoms with van der Waals surface area (Å²) in [4.78, 5) is 0. The average molecular weight is 164 g/mol. The van der Waals surface area contributed by atoms with Crippen molar-refractivity contribution in [3.8, 4) is 0 Å². The monoisotopic (exact) mass is 164 g/mol. The Kier molecular flexibility index (Phi) is 11.4. The zero-order valence-electron chi connectivity index (χ0n) is 9.07. The number of hydrogen-bond donors (Lipinski definition) is 0. The van der Waals surface area contributed by atoms with Crippen LogP contribution in [0.4, 0.5) is 0 Å². The van der Waals surface area contributed by atoms with Crippen LogP contribution in [0.15, 0.2) is 0 Å². The van der Waals surface area contributed by atoms with Gasteiger partial charge in [0.2, 0.25) is 0 Å². The largest absolute Gasteiger partial charge is 0.0881 e. The standard InChI is InChI=1S/C7H14.C2H9B3/c1-2-4-6-7-5-3-1;1-2-4-5-3/h1-7H2;4-5H,2-3H2,1H3. The summed E-state index contributed by atoms with van der Waals surface area (Å²) < 4.78 is 0. The molecule has 0 unspecified atom stereocenters. The molecule has 0 aromatic rings. The quantitative estimate of drug-likeness (QED) is 0.428. The first-order chi connectivity index (χ1) is 5.91. The summed E-state index contributed by atoms with van der Waals surface area (Å²) in [5.74, 6) is 0. The summed E-state index contributed by atoms with van der Waals surface area (Å²) in [6.07, 6.45) is 11.8. The molecule has 0 bridgehead atoms. The van der Waals surface area contributed by atoms with Gasteiger partial charge < -0.3 is 0 Å². The Labute approximate surface area is 80.8 Å². The average Bonchev–Trinajstić information content (AvgIpc) is 2.37. The van der Waals surface area contributed by atoms with Gasteiger partial charge in [-0.05, 0) is 0 Å². The molecule has 0 atom stereocenters. The molecule has 0 N–H and O–H groups in total. The zero-order chi connectivity index (χ0) is 9.07. The molecule has 0 nitrogen and oxygen atoms in total. The molecule has 0 aromatic carbocycles. The second-order valence-electron chi connectivity index (χ2n) is 3.83. The fourth-order valence-electron chi connectivity index (χ4n) is 1.59. The summed E-state index contributed by atoms with van der Waals surface area (Å²) in [6, 6.07) is 0. The number of hydrogen-bond acceptors (Lipinski definition) is 0. The van der Waals surface area contributed by atoms with Crippen molar-refractivity contribution >= 4 is 22.0 Å². The highest BCUT2D eigenvalue weighted by Gasteiger charge is 1.95. The molecule has 0 spiro atoms. The molecule has 1 saturated carbocycles. The highest BCUT2D eigenvalue weighted by Crippen LogP contribution is 2.15. The lowest BCUT2D eigenvalue weighted by Gasteiger charge is -1.85. The maximum absolute atomic E-state index is 2.21. The van der Waals surface area contributed by atoms with Gasteiger partial charge in [-0.1, -0.05) is 58.2 Å². The van der Waals surface area contributed by atoms with Gasteiger partial charge in [-0.3, -0.25) is 0 Å². The molecule has 0 amide bonds. The zero-order valence-corrected chi connectivity index (χ0v) is 9.07. The topological polar surface area (TPSA) is 0 Å². The minimum atomic E-state index is 1.34. The minimum Gasteiger partial charge on any atom is -0.0881 e. The van der Waals surface area contributed by atoms with Crippen LogP contribution in [0.3, 0.4) is 0 Å². The van der Waals surface area contributed by atoms with Crippen molar-refractivity contribution in [2.75, 3.05) is 0 Å². The van der Waals surface area contributed by atoms with E-state index in [1.807, 2.05) is 0 Å². The van der Waals surface area contributed by atoms with Crippen LogP contribution in [-0.4, -0.2) is 22.0 Å². The fraction of sp³-hybridized carbons (Fsp3) is 1.00. The van der Waals surface area contributed by atoms with E-state index in [-0.39, 0.29) is 0 Å². The summed E-state index contributed by atoms with van der Waals surface area (Å²) in [5, 5.41) is 0. The first-order valence-electron chi connectivity index (χ1n) is 5.91. The lowest BCUT2D eigenvalue weighted by molar-refractivity contribution is 0.702. The van der Waals surface area contributed by atoms with E-state index < -0.39 is 0 Å². The third-order valence-corrected chi connectivity index (χ3v) is 2.46. The van der Waals surface area contributed by atoms with Gasteiger partial charge in [0.05, 0.1) is 22.0 Å². The summed E-state index contributed by atoms with van der Waals surface area (Å²) in [5.41, 5.74) is 0. The van der Waals surface area contributed by atoms with E-state index in [0.29, 0.717) is 0 Å². The first-order valence-corrected chi connectivity index (χ1v) is 5.91. The van der Waals surface area contributed by atoms with Crippen LogP contribution in [0.2, 0.25) is 6.32 Å². The second-order valence-corrected chi connectivity index (χ2v) is 3.83. The molecule has 3 heteroatoms. The minimum absolute atomic E-state index is 1.34. The van der Waals surface area contributed by atoms with Crippen molar-refractivity contribution < 1.29 is 0 Å². The van der Waals surface area contributed by atoms with E-state index in [4.69, 9.17) is 0 Å². The van der Waals surface area contributed by atoms with Crippen molar-refractivity contribution in [2.24, 2.45) is 0 Å². The third kappa shape index (κ3) is 10.2. The molecular formula is C9H23B3. The lowest BCUT2D eigenvalue weighted by atomic mass is 9.27. The van der Waals surface area contributed by atoms with Gasteiger partial charge in [0.15, 0.2) is 0 Å². The molecule has 0 aliphatic heterocycles. The van der Waals surface area contributed by atoms with Gasteiger partial charge in [-0.2, -0.15) is 0 Å². The Morgan fingerprint density at radius 1 is 0.917 bits per heavy atom. The molecule has 1 fully saturated rings. The molecule has 0 radical (unpaired) electrons. The Bertz CT molecular complexity index is 54.5. The highest BCUT2D eigenvalue weighted by molar-refractivity contribution is 7.23. The van der Waals surface area contributed by atoms with Gasteiger partial charge in [0, 0.05) is 0 Å². The van der Waals surface area contributed by atoms with Crippen molar-refractivity contribution in [1.29, 1.82) is 0 Å². The van der Waals surface area contributed by atoms with E-state index in [9.17, 15) is 0 Å². The molecule has 12 heavy (non-hydrogen) atoms. The first kappa shape index (κ1) is 12.2. The van der Waals surface area contributed by atoms with Gasteiger partial charge >= 0.3 is 0 Å². The third-order valence-electron chi connectivity index (χ3n) is 2.46. The summed E-state index contributed by atoms with van der Waals surface area (Å²) >= 11 is 0. The smallest absolute Gasteiger partial charge is 0.0776 e. The molecule has 0 aromatic heterocycles. The Balaban J connectivity index is 0.000000217. The van der Waals surface area contributed by atoms with Crippen LogP contribution in [0.1, 0.15) is 51.9 Å². The van der Waals surface area contributed by atoms with Crippen LogP contribution < -0.4 is 0 Å². The van der Waals surface area contributed by atoms with Gasteiger partial charge in [-0.25, -0.2) is 0 Å². The number of rotatable bonds is 2. The second kappa shape index (κ2) is 11.2. The Morgan fingerprint density at radius 2 is 1.25 bits per heavy atom. The molecule has 0 heterocycles. The molecule has 68 valence electrons. The van der Waals surface area contributed by atoms with Gasteiger partial charge in [0.1, 0.15) is 0 Å². The highest BCUT2D eigenvalue weighted by atomic mass is 14.0. The van der Waals surface area contributed by atoms with Crippen molar-refractivity contribution in [2.45, 2.75) is 58.2 Å². The predicted molar refractivity (Wildman–Crippen MR) is 65.6 cm³/mol. The van der Waals surface area contributed by atoms with E-state index in [1.54, 1.807) is 0 Å². The van der Waals surface area contributed by atoms with E-state index in [1.165, 1.54) is 65.5 Å². The van der Waals surface area contributed by atoms with Crippen LogP contribution in [0, 0.1) is 0 Å². The lowest BCUT2D eigenvalue weighted by Crippen LogP contribution is -1.98. The van der Waals surface area contributed by atoms with E-state index >= 15 is 0 Å². The fourth-order valence-corrected chi connectivity index (χ4v) is 1.59. The normalized spacial score (nSPS) is 16.8. The molecule has 1 aliphatic rings. The summed E-state index contributed by atoms with van der Waals surface area (Å²) in [6.45, 7) is 2.21. The summed E-state index contributed by atoms with van der Waals surface area (Å²) in [7, 11) is 4.94. The predicted octanol–water partition coefficient (Wildman–Crippen LogP) is 1.49. The van der Waals surface area contributed by atoms with Crippen molar-refractivity contribution in [3.63, 3.8) is 0 Å². The molecule has 0 saturated heterocycles. The van der Waals surface area contributed by atoms with Crippen molar-refractivity contribution in [1.82, 2.24) is 0 Å². The van der Waals surface area contributed by atoms with Crippen LogP contribution in [0.25, 0.3) is 0 Å². The molecule has 1 aliphatic carbocycles. The van der Waals surface area contributed by atoms with Crippen LogP contribution >= 0.6 is 0 Å². The maximum atomic E-state index is 2.21. The maximum Gasteiger partial charge on any atom is 0.0776 e. The van der Waals surface area contributed by atoms with Crippen molar-refractivity contribution in [3.05, 3.63) is 0 Å². The van der Waals surface area contributed by atoms with E-state index in [0.717, 1.165) is 0 Å². The van der Waals surface area contributed by atoms with Crippen LogP contribution in [-0.2, 0) is 0 Å². The SMILES string of the molecule is BBBCC.C1CCCCCC1. The molecule has 1 rings (SSSR count). The Hall–Kier alpha value is 0.195.